The molecule has 1 aliphatic rings. The molecule has 0 unspecified atom stereocenters. The number of anilines is 2. The lowest BCUT2D eigenvalue weighted by Crippen LogP contribution is -2.29. The summed E-state index contributed by atoms with van der Waals surface area (Å²) in [5.74, 6) is -0.207. The predicted molar refractivity (Wildman–Crippen MR) is 155 cm³/mol. The number of nitrogens with one attached hydrogen (secondary N) is 2. The highest BCUT2D eigenvalue weighted by atomic mass is 35.5. The van der Waals surface area contributed by atoms with Crippen LogP contribution in [0.2, 0.25) is 5.02 Å². The highest BCUT2D eigenvalue weighted by molar-refractivity contribution is 7.80. The summed E-state index contributed by atoms with van der Waals surface area (Å²) < 4.78 is 7.14. The van der Waals surface area contributed by atoms with Gasteiger partial charge in [0.25, 0.3) is 0 Å². The molecule has 5 rings (SSSR count). The van der Waals surface area contributed by atoms with E-state index < -0.39 is 0 Å². The van der Waals surface area contributed by atoms with E-state index in [9.17, 15) is 4.79 Å². The first-order valence-corrected chi connectivity index (χ1v) is 13.0. The Kier molecular flexibility index (Phi) is 7.46. The Bertz CT molecular complexity index is 1460. The third-order valence-electron chi connectivity index (χ3n) is 6.68. The monoisotopic (exact) mass is 545 g/mol. The lowest BCUT2D eigenvalue weighted by Gasteiger charge is -2.28. The van der Waals surface area contributed by atoms with Crippen molar-refractivity contribution in [2.24, 2.45) is 0 Å². The first-order chi connectivity index (χ1) is 18.4. The zero-order valence-electron chi connectivity index (χ0n) is 21.3. The molecule has 1 fully saturated rings. The van der Waals surface area contributed by atoms with Crippen LogP contribution >= 0.6 is 23.8 Å². The van der Waals surface area contributed by atoms with Crippen LogP contribution in [0.25, 0.3) is 5.69 Å². The van der Waals surface area contributed by atoms with E-state index >= 15 is 0 Å². The molecule has 2 atom stereocenters. The third-order valence-corrected chi connectivity index (χ3v) is 7.24. The average Bonchev–Trinajstić information content (AvgIpc) is 3.41. The number of pyridine rings is 1. The van der Waals surface area contributed by atoms with Crippen LogP contribution in [0.4, 0.5) is 11.4 Å². The van der Waals surface area contributed by atoms with E-state index in [1.165, 1.54) is 7.11 Å². The van der Waals surface area contributed by atoms with Crippen molar-refractivity contribution >= 4 is 46.2 Å². The molecule has 38 heavy (non-hydrogen) atoms. The number of carbonyl (C=O) groups excluding carboxylic acids is 1. The van der Waals surface area contributed by atoms with Crippen LogP contribution in [0, 0.1) is 13.8 Å². The molecule has 2 N–H and O–H groups in total. The summed E-state index contributed by atoms with van der Waals surface area (Å²) in [4.78, 5) is 18.7. The second kappa shape index (κ2) is 10.9. The lowest BCUT2D eigenvalue weighted by atomic mass is 9.96. The maximum Gasteiger partial charge on any atom is 0.250 e. The van der Waals surface area contributed by atoms with Gasteiger partial charge in [-0.2, -0.15) is 0 Å². The normalized spacial score (nSPS) is 16.9. The Hall–Kier alpha value is -3.72. The Balaban J connectivity index is 1.57. The topological polar surface area (TPSA) is 71.4 Å². The molecule has 0 aliphatic carbocycles. The summed E-state index contributed by atoms with van der Waals surface area (Å²) in [6.45, 7) is 4.22. The largest absolute Gasteiger partial charge is 0.375 e. The number of amides is 1. The Morgan fingerprint density at radius 2 is 1.79 bits per heavy atom. The molecule has 0 radical (unpaired) electrons. The Morgan fingerprint density at radius 1 is 1.08 bits per heavy atom. The van der Waals surface area contributed by atoms with E-state index in [0.717, 1.165) is 34.0 Å². The van der Waals surface area contributed by atoms with E-state index in [-0.39, 0.29) is 24.6 Å². The summed E-state index contributed by atoms with van der Waals surface area (Å²) in [6.07, 6.45) is 1.80. The SMILES string of the molecule is COCC(=O)Nc1ccc(N2C(=S)N[C@@H](c3ccccn3)[C@H]2c2cc(C)n(-c3ccc(Cl)cc3)c2C)cc1. The number of carbonyl (C=O) groups is 1. The minimum atomic E-state index is -0.207. The van der Waals surface area contributed by atoms with Crippen LogP contribution in [0.15, 0.2) is 79.0 Å². The summed E-state index contributed by atoms with van der Waals surface area (Å²) in [7, 11) is 1.49. The number of nitrogens with zero attached hydrogens (tertiary/aromatic N) is 3. The first-order valence-electron chi connectivity index (χ1n) is 12.2. The fraction of sp³-hybridized carbons (Fsp3) is 0.207. The minimum Gasteiger partial charge on any atom is -0.375 e. The summed E-state index contributed by atoms with van der Waals surface area (Å²) in [5, 5.41) is 7.66. The number of aromatic nitrogens is 2. The molecule has 9 heteroatoms. The quantitative estimate of drug-likeness (QED) is 0.282. The summed E-state index contributed by atoms with van der Waals surface area (Å²) in [5.41, 5.74) is 6.89. The van der Waals surface area contributed by atoms with Gasteiger partial charge < -0.3 is 24.8 Å². The molecule has 2 aromatic heterocycles. The van der Waals surface area contributed by atoms with Gasteiger partial charge in [-0.25, -0.2) is 0 Å². The zero-order chi connectivity index (χ0) is 26.8. The van der Waals surface area contributed by atoms with E-state index in [1.54, 1.807) is 6.20 Å². The average molecular weight is 546 g/mol. The van der Waals surface area contributed by atoms with E-state index in [1.807, 2.05) is 66.7 Å². The molecule has 1 saturated heterocycles. The molecule has 194 valence electrons. The molecule has 1 amide bonds. The van der Waals surface area contributed by atoms with Crippen molar-refractivity contribution in [2.45, 2.75) is 25.9 Å². The maximum absolute atomic E-state index is 12.0. The van der Waals surface area contributed by atoms with Crippen LogP contribution in [0.5, 0.6) is 0 Å². The molecule has 2 aromatic carbocycles. The second-order valence-corrected chi connectivity index (χ2v) is 9.99. The molecular formula is C29H28ClN5O2S. The molecule has 4 aromatic rings. The summed E-state index contributed by atoms with van der Waals surface area (Å²) >= 11 is 12.0. The van der Waals surface area contributed by atoms with Gasteiger partial charge in [0.1, 0.15) is 6.61 Å². The predicted octanol–water partition coefficient (Wildman–Crippen LogP) is 5.90. The van der Waals surface area contributed by atoms with Crippen LogP contribution in [-0.4, -0.2) is 34.3 Å². The van der Waals surface area contributed by atoms with E-state index in [2.05, 4.69) is 45.0 Å². The molecule has 0 spiro atoms. The maximum atomic E-state index is 12.0. The number of benzene rings is 2. The highest BCUT2D eigenvalue weighted by Gasteiger charge is 2.42. The molecular weight excluding hydrogens is 518 g/mol. The number of methoxy groups -OCH3 is 1. The highest BCUT2D eigenvalue weighted by Crippen LogP contribution is 2.44. The zero-order valence-corrected chi connectivity index (χ0v) is 22.9. The van der Waals surface area contributed by atoms with Gasteiger partial charge in [-0.1, -0.05) is 17.7 Å². The number of thiocarbonyl (C=S) groups is 1. The summed E-state index contributed by atoms with van der Waals surface area (Å²) in [6, 6.07) is 23.3. The number of ether oxygens (including phenoxy) is 1. The van der Waals surface area contributed by atoms with Crippen LogP contribution in [0.3, 0.4) is 0 Å². The van der Waals surface area contributed by atoms with Gasteiger partial charge in [-0.15, -0.1) is 0 Å². The van der Waals surface area contributed by atoms with E-state index in [4.69, 9.17) is 28.6 Å². The van der Waals surface area contributed by atoms with Crippen molar-refractivity contribution in [1.82, 2.24) is 14.9 Å². The van der Waals surface area contributed by atoms with Crippen molar-refractivity contribution in [3.8, 4) is 5.69 Å². The van der Waals surface area contributed by atoms with Gasteiger partial charge >= 0.3 is 0 Å². The van der Waals surface area contributed by atoms with Gasteiger partial charge in [0.05, 0.1) is 17.8 Å². The Morgan fingerprint density at radius 3 is 2.45 bits per heavy atom. The van der Waals surface area contributed by atoms with Crippen LogP contribution in [-0.2, 0) is 9.53 Å². The van der Waals surface area contributed by atoms with Gasteiger partial charge in [-0.05, 0) is 98.4 Å². The molecule has 7 nitrogen and oxygen atoms in total. The number of hydrogen-bond acceptors (Lipinski definition) is 4. The number of aryl methyl sites for hydroxylation is 1. The number of halogens is 1. The second-order valence-electron chi connectivity index (χ2n) is 9.16. The van der Waals surface area contributed by atoms with Crippen molar-refractivity contribution in [1.29, 1.82) is 0 Å². The van der Waals surface area contributed by atoms with Gasteiger partial charge in [-0.3, -0.25) is 9.78 Å². The molecule has 0 saturated carbocycles. The van der Waals surface area contributed by atoms with Crippen LogP contribution < -0.4 is 15.5 Å². The lowest BCUT2D eigenvalue weighted by molar-refractivity contribution is -0.119. The van der Waals surface area contributed by atoms with E-state index in [0.29, 0.717) is 15.8 Å². The smallest absolute Gasteiger partial charge is 0.250 e. The van der Waals surface area contributed by atoms with Gasteiger partial charge in [0.2, 0.25) is 5.91 Å². The number of rotatable bonds is 7. The standard InChI is InChI=1S/C29H28ClN5O2S/c1-18-16-24(19(2)34(18)22-11-7-20(30)8-12-22)28-27(25-6-4-5-15-31-25)33-29(38)35(28)23-13-9-21(10-14-23)32-26(36)17-37-3/h4-16,27-28H,17H2,1-3H3,(H,32,36)(H,33,38)/t27-,28+/m0/s1. The minimum absolute atomic E-state index is 0.00104. The fourth-order valence-corrected chi connectivity index (χ4v) is 5.53. The third kappa shape index (κ3) is 5.03. The Labute approximate surface area is 232 Å². The van der Waals surface area contributed by atoms with Crippen LogP contribution in [0.1, 0.15) is 34.7 Å². The van der Waals surface area contributed by atoms with Crippen molar-refractivity contribution < 1.29 is 9.53 Å². The molecule has 3 heterocycles. The number of hydrogen-bond donors (Lipinski definition) is 2. The molecule has 0 bridgehead atoms. The van der Waals surface area contributed by atoms with Crippen molar-refractivity contribution in [3.05, 3.63) is 107 Å². The first kappa shape index (κ1) is 25.9. The molecule has 1 aliphatic heterocycles. The van der Waals surface area contributed by atoms with Gasteiger partial charge in [0, 0.05) is 46.8 Å². The fourth-order valence-electron chi connectivity index (χ4n) is 5.06. The van der Waals surface area contributed by atoms with Gasteiger partial charge in [0.15, 0.2) is 5.11 Å². The van der Waals surface area contributed by atoms with Crippen molar-refractivity contribution in [3.63, 3.8) is 0 Å². The van der Waals surface area contributed by atoms with Crippen molar-refractivity contribution in [2.75, 3.05) is 23.9 Å².